The number of hydrogen-bond acceptors (Lipinski definition) is 4. The van der Waals surface area contributed by atoms with E-state index in [1.807, 2.05) is 50.4 Å². The Morgan fingerprint density at radius 3 is 2.72 bits per heavy atom. The van der Waals surface area contributed by atoms with Crippen molar-refractivity contribution in [3.05, 3.63) is 42.2 Å². The van der Waals surface area contributed by atoms with Crippen LogP contribution in [0.15, 0.2) is 36.5 Å². The number of nitrogens with zero attached hydrogens (tertiary/aromatic N) is 3. The van der Waals surface area contributed by atoms with Crippen molar-refractivity contribution in [2.24, 2.45) is 5.92 Å². The Morgan fingerprint density at radius 2 is 2.00 bits per heavy atom. The van der Waals surface area contributed by atoms with Gasteiger partial charge < -0.3 is 10.6 Å². The smallest absolute Gasteiger partial charge is 0.220 e. The van der Waals surface area contributed by atoms with Gasteiger partial charge in [0.25, 0.3) is 0 Å². The van der Waals surface area contributed by atoms with E-state index >= 15 is 0 Å². The summed E-state index contributed by atoms with van der Waals surface area (Å²) >= 11 is 0. The number of piperidine rings is 1. The average Bonchev–Trinajstić information content (AvgIpc) is 3.12. The maximum absolute atomic E-state index is 12.4. The van der Waals surface area contributed by atoms with Crippen LogP contribution in [0.4, 0.5) is 0 Å². The third-order valence-electron chi connectivity index (χ3n) is 4.84. The van der Waals surface area contributed by atoms with Crippen molar-refractivity contribution in [3.8, 4) is 5.69 Å². The number of amides is 1. The Balaban J connectivity index is 1.57. The van der Waals surface area contributed by atoms with Gasteiger partial charge in [-0.1, -0.05) is 23.4 Å². The zero-order chi connectivity index (χ0) is 17.7. The first-order chi connectivity index (χ1) is 12.0. The molecule has 0 unspecified atom stereocenters. The molecule has 1 aromatic carbocycles. The van der Waals surface area contributed by atoms with E-state index in [-0.39, 0.29) is 5.91 Å². The van der Waals surface area contributed by atoms with Crippen LogP contribution in [0, 0.1) is 5.92 Å². The maximum atomic E-state index is 12.4. The summed E-state index contributed by atoms with van der Waals surface area (Å²) < 4.78 is 1.73. The van der Waals surface area contributed by atoms with Crippen molar-refractivity contribution in [1.82, 2.24) is 25.6 Å². The lowest BCUT2D eigenvalue weighted by molar-refractivity contribution is -0.123. The fraction of sp³-hybridized carbons (Fsp3) is 0.526. The molecule has 1 fully saturated rings. The van der Waals surface area contributed by atoms with E-state index in [9.17, 15) is 4.79 Å². The Morgan fingerprint density at radius 1 is 1.28 bits per heavy atom. The Kier molecular flexibility index (Phi) is 5.48. The first-order valence-electron chi connectivity index (χ1n) is 9.04. The lowest BCUT2D eigenvalue weighted by Crippen LogP contribution is -2.41. The lowest BCUT2D eigenvalue weighted by Gasteiger charge is -2.25. The second-order valence-electron chi connectivity index (χ2n) is 7.29. The minimum Gasteiger partial charge on any atom is -0.345 e. The quantitative estimate of drug-likeness (QED) is 0.846. The van der Waals surface area contributed by atoms with Crippen LogP contribution >= 0.6 is 0 Å². The highest BCUT2D eigenvalue weighted by Gasteiger charge is 2.27. The van der Waals surface area contributed by atoms with E-state index in [4.69, 9.17) is 0 Å². The number of nitrogens with one attached hydrogen (secondary N) is 2. The molecule has 25 heavy (non-hydrogen) atoms. The van der Waals surface area contributed by atoms with Crippen molar-refractivity contribution < 1.29 is 4.79 Å². The van der Waals surface area contributed by atoms with E-state index in [1.165, 1.54) is 12.8 Å². The highest BCUT2D eigenvalue weighted by atomic mass is 16.1. The minimum atomic E-state index is -0.543. The van der Waals surface area contributed by atoms with Crippen LogP contribution in [-0.2, 0) is 10.3 Å². The van der Waals surface area contributed by atoms with Gasteiger partial charge in [0.1, 0.15) is 5.69 Å². The van der Waals surface area contributed by atoms with Crippen molar-refractivity contribution in [2.45, 2.75) is 45.1 Å². The molecule has 0 spiro atoms. The van der Waals surface area contributed by atoms with Gasteiger partial charge in [-0.15, -0.1) is 5.10 Å². The van der Waals surface area contributed by atoms with Crippen LogP contribution in [0.5, 0.6) is 0 Å². The molecule has 134 valence electrons. The van der Waals surface area contributed by atoms with Crippen LogP contribution in [0.25, 0.3) is 5.69 Å². The third-order valence-corrected chi connectivity index (χ3v) is 4.84. The summed E-state index contributed by atoms with van der Waals surface area (Å²) in [6, 6.07) is 9.84. The van der Waals surface area contributed by atoms with E-state index in [1.54, 1.807) is 4.68 Å². The summed E-state index contributed by atoms with van der Waals surface area (Å²) in [7, 11) is 0. The number of carbonyl (C=O) groups is 1. The van der Waals surface area contributed by atoms with Gasteiger partial charge in [0.05, 0.1) is 17.4 Å². The highest BCUT2D eigenvalue weighted by Crippen LogP contribution is 2.21. The molecule has 1 aliphatic heterocycles. The summed E-state index contributed by atoms with van der Waals surface area (Å²) in [6.45, 7) is 6.07. The predicted molar refractivity (Wildman–Crippen MR) is 97.4 cm³/mol. The molecule has 1 saturated heterocycles. The van der Waals surface area contributed by atoms with Crippen molar-refractivity contribution in [2.75, 3.05) is 13.1 Å². The molecule has 0 saturated carbocycles. The molecule has 0 bridgehead atoms. The molecular formula is C19H27N5O. The third kappa shape index (κ3) is 4.66. The SMILES string of the molecule is CC(C)(NC(=O)CCC1CCNCC1)c1cn(-c2ccccc2)nn1. The normalized spacial score (nSPS) is 15.9. The van der Waals surface area contributed by atoms with Gasteiger partial charge in [-0.3, -0.25) is 4.79 Å². The Labute approximate surface area is 149 Å². The zero-order valence-corrected chi connectivity index (χ0v) is 15.0. The van der Waals surface area contributed by atoms with Crippen LogP contribution in [-0.4, -0.2) is 34.0 Å². The molecule has 2 N–H and O–H groups in total. The molecule has 1 amide bonds. The second-order valence-corrected chi connectivity index (χ2v) is 7.29. The van der Waals surface area contributed by atoms with Crippen LogP contribution < -0.4 is 10.6 Å². The lowest BCUT2D eigenvalue weighted by atomic mass is 9.92. The number of hydrogen-bond donors (Lipinski definition) is 2. The van der Waals surface area contributed by atoms with Gasteiger partial charge in [0.2, 0.25) is 5.91 Å². The van der Waals surface area contributed by atoms with Gasteiger partial charge in [0.15, 0.2) is 0 Å². The molecule has 1 aromatic heterocycles. The van der Waals surface area contributed by atoms with Crippen LogP contribution in [0.3, 0.4) is 0 Å². The number of carbonyl (C=O) groups excluding carboxylic acids is 1. The molecule has 3 rings (SSSR count). The summed E-state index contributed by atoms with van der Waals surface area (Å²) in [5.41, 5.74) is 1.17. The van der Waals surface area contributed by atoms with Gasteiger partial charge in [-0.05, 0) is 64.3 Å². The highest BCUT2D eigenvalue weighted by molar-refractivity contribution is 5.76. The van der Waals surface area contributed by atoms with Gasteiger partial charge in [-0.25, -0.2) is 4.68 Å². The maximum Gasteiger partial charge on any atom is 0.220 e. The molecule has 0 radical (unpaired) electrons. The number of aromatic nitrogens is 3. The largest absolute Gasteiger partial charge is 0.345 e. The number of rotatable bonds is 6. The van der Waals surface area contributed by atoms with Gasteiger partial charge >= 0.3 is 0 Å². The van der Waals surface area contributed by atoms with Crippen LogP contribution in [0.2, 0.25) is 0 Å². The minimum absolute atomic E-state index is 0.0813. The number of benzene rings is 1. The van der Waals surface area contributed by atoms with E-state index in [0.717, 1.165) is 30.9 Å². The Bertz CT molecular complexity index is 689. The van der Waals surface area contributed by atoms with E-state index < -0.39 is 5.54 Å². The van der Waals surface area contributed by atoms with E-state index in [0.29, 0.717) is 12.3 Å². The molecule has 6 heteroatoms. The fourth-order valence-electron chi connectivity index (χ4n) is 3.24. The molecular weight excluding hydrogens is 314 g/mol. The summed E-state index contributed by atoms with van der Waals surface area (Å²) in [6.07, 6.45) is 5.74. The van der Waals surface area contributed by atoms with Gasteiger partial charge in [0, 0.05) is 6.42 Å². The monoisotopic (exact) mass is 341 g/mol. The zero-order valence-electron chi connectivity index (χ0n) is 15.0. The predicted octanol–water partition coefficient (Wildman–Crippen LogP) is 2.40. The summed E-state index contributed by atoms with van der Waals surface area (Å²) in [5, 5.41) is 14.9. The average molecular weight is 341 g/mol. The molecule has 1 aliphatic rings. The standard InChI is InChI=1S/C19H27N5O/c1-19(2,21-18(25)9-8-15-10-12-20-13-11-15)17-14-24(23-22-17)16-6-4-3-5-7-16/h3-7,14-15,20H,8-13H2,1-2H3,(H,21,25). The van der Waals surface area contributed by atoms with Crippen molar-refractivity contribution >= 4 is 5.91 Å². The Hall–Kier alpha value is -2.21. The second kappa shape index (κ2) is 7.78. The molecule has 6 nitrogen and oxygen atoms in total. The van der Waals surface area contributed by atoms with Crippen LogP contribution in [0.1, 0.15) is 45.2 Å². The molecule has 0 aliphatic carbocycles. The molecule has 2 heterocycles. The first-order valence-corrected chi connectivity index (χ1v) is 9.04. The first kappa shape index (κ1) is 17.6. The fourth-order valence-corrected chi connectivity index (χ4v) is 3.24. The summed E-state index contributed by atoms with van der Waals surface area (Å²) in [5.74, 6) is 0.742. The van der Waals surface area contributed by atoms with E-state index in [2.05, 4.69) is 20.9 Å². The van der Waals surface area contributed by atoms with Crippen molar-refractivity contribution in [3.63, 3.8) is 0 Å². The molecule has 0 atom stereocenters. The number of para-hydroxylation sites is 1. The van der Waals surface area contributed by atoms with Crippen molar-refractivity contribution in [1.29, 1.82) is 0 Å². The topological polar surface area (TPSA) is 71.8 Å². The summed E-state index contributed by atoms with van der Waals surface area (Å²) in [4.78, 5) is 12.4. The van der Waals surface area contributed by atoms with Gasteiger partial charge in [-0.2, -0.15) is 0 Å². The molecule has 2 aromatic rings.